The number of fused-ring (bicyclic) bond motifs is 1. The first-order chi connectivity index (χ1) is 10.2. The Kier molecular flexibility index (Phi) is 3.39. The zero-order valence-corrected chi connectivity index (χ0v) is 11.4. The predicted molar refractivity (Wildman–Crippen MR) is 75.7 cm³/mol. The van der Waals surface area contributed by atoms with Gasteiger partial charge in [0.15, 0.2) is 0 Å². The average Bonchev–Trinajstić information content (AvgIpc) is 2.91. The third-order valence-corrected chi connectivity index (χ3v) is 3.24. The first kappa shape index (κ1) is 13.3. The van der Waals surface area contributed by atoms with Crippen molar-refractivity contribution in [1.82, 2.24) is 9.38 Å². The summed E-state index contributed by atoms with van der Waals surface area (Å²) in [5, 5.41) is 0. The molecule has 4 nitrogen and oxygen atoms in total. The van der Waals surface area contributed by atoms with Crippen LogP contribution in [-0.4, -0.2) is 22.5 Å². The van der Waals surface area contributed by atoms with Gasteiger partial charge in [0.1, 0.15) is 17.2 Å². The van der Waals surface area contributed by atoms with E-state index in [1.165, 1.54) is 19.2 Å². The van der Waals surface area contributed by atoms with Crippen LogP contribution >= 0.6 is 0 Å². The van der Waals surface area contributed by atoms with Crippen LogP contribution in [-0.2, 0) is 11.2 Å². The van der Waals surface area contributed by atoms with Gasteiger partial charge >= 0.3 is 5.97 Å². The fourth-order valence-electron chi connectivity index (χ4n) is 2.23. The maximum Gasteiger partial charge on any atom is 0.355 e. The van der Waals surface area contributed by atoms with Gasteiger partial charge in [-0.1, -0.05) is 18.2 Å². The highest BCUT2D eigenvalue weighted by molar-refractivity contribution is 5.88. The van der Waals surface area contributed by atoms with Crippen molar-refractivity contribution in [2.24, 2.45) is 0 Å². The van der Waals surface area contributed by atoms with E-state index in [1.807, 2.05) is 6.07 Å². The number of carbonyl (C=O) groups is 1. The van der Waals surface area contributed by atoms with Gasteiger partial charge in [-0.05, 0) is 29.8 Å². The molecule has 21 heavy (non-hydrogen) atoms. The monoisotopic (exact) mass is 284 g/mol. The first-order valence-corrected chi connectivity index (χ1v) is 6.47. The van der Waals surface area contributed by atoms with E-state index in [9.17, 15) is 9.18 Å². The van der Waals surface area contributed by atoms with Crippen LogP contribution in [0.15, 0.2) is 48.7 Å². The van der Waals surface area contributed by atoms with Crippen molar-refractivity contribution in [2.75, 3.05) is 7.11 Å². The van der Waals surface area contributed by atoms with Crippen molar-refractivity contribution >= 4 is 11.6 Å². The molecule has 3 aromatic rings. The molecule has 0 aliphatic carbocycles. The van der Waals surface area contributed by atoms with Crippen molar-refractivity contribution in [3.63, 3.8) is 0 Å². The minimum atomic E-state index is -0.411. The van der Waals surface area contributed by atoms with Crippen LogP contribution < -0.4 is 0 Å². The summed E-state index contributed by atoms with van der Waals surface area (Å²) in [4.78, 5) is 16.2. The predicted octanol–water partition coefficient (Wildman–Crippen LogP) is 2.85. The molecule has 0 spiro atoms. The molecule has 3 rings (SSSR count). The Morgan fingerprint density at radius 3 is 2.71 bits per heavy atom. The van der Waals surface area contributed by atoms with Crippen LogP contribution in [0.4, 0.5) is 4.39 Å². The summed E-state index contributed by atoms with van der Waals surface area (Å²) in [6.07, 6.45) is 2.37. The minimum Gasteiger partial charge on any atom is -0.464 e. The third kappa shape index (κ3) is 2.63. The van der Waals surface area contributed by atoms with E-state index in [1.54, 1.807) is 34.9 Å². The Labute approximate surface area is 120 Å². The van der Waals surface area contributed by atoms with Gasteiger partial charge in [-0.3, -0.25) is 4.40 Å². The second-order valence-electron chi connectivity index (χ2n) is 4.67. The number of halogens is 1. The number of rotatable bonds is 3. The number of aromatic nitrogens is 2. The molecule has 0 bridgehead atoms. The molecule has 0 atom stereocenters. The largest absolute Gasteiger partial charge is 0.464 e. The van der Waals surface area contributed by atoms with Crippen molar-refractivity contribution in [3.05, 3.63) is 71.4 Å². The normalized spacial score (nSPS) is 10.8. The summed E-state index contributed by atoms with van der Waals surface area (Å²) < 4.78 is 19.4. The fourth-order valence-corrected chi connectivity index (χ4v) is 2.23. The second-order valence-corrected chi connectivity index (χ2v) is 4.67. The summed E-state index contributed by atoms with van der Waals surface area (Å²) in [6.45, 7) is 0. The maximum atomic E-state index is 12.9. The SMILES string of the molecule is COC(=O)c1cccc2nc(Cc3ccc(F)cc3)cn12. The number of nitrogens with zero attached hydrogens (tertiary/aromatic N) is 2. The van der Waals surface area contributed by atoms with Gasteiger partial charge in [-0.15, -0.1) is 0 Å². The number of esters is 1. The molecule has 106 valence electrons. The lowest BCUT2D eigenvalue weighted by molar-refractivity contribution is 0.0592. The Balaban J connectivity index is 1.97. The molecule has 0 saturated heterocycles. The minimum absolute atomic E-state index is 0.262. The average molecular weight is 284 g/mol. The second kappa shape index (κ2) is 5.36. The number of methoxy groups -OCH3 is 1. The highest BCUT2D eigenvalue weighted by Gasteiger charge is 2.12. The molecule has 0 unspecified atom stereocenters. The Bertz CT molecular complexity index is 794. The van der Waals surface area contributed by atoms with E-state index in [0.29, 0.717) is 17.8 Å². The standard InChI is InChI=1S/C16H13FN2O2/c1-21-16(20)14-3-2-4-15-18-13(10-19(14)15)9-11-5-7-12(17)8-6-11/h2-8,10H,9H2,1H3. The Morgan fingerprint density at radius 1 is 1.24 bits per heavy atom. The summed E-state index contributed by atoms with van der Waals surface area (Å²) >= 11 is 0. The van der Waals surface area contributed by atoms with Gasteiger partial charge < -0.3 is 4.74 Å². The number of pyridine rings is 1. The maximum absolute atomic E-state index is 12.9. The van der Waals surface area contributed by atoms with Gasteiger partial charge in [0, 0.05) is 12.6 Å². The van der Waals surface area contributed by atoms with E-state index in [4.69, 9.17) is 4.74 Å². The van der Waals surface area contributed by atoms with Crippen LogP contribution in [0.2, 0.25) is 0 Å². The number of imidazole rings is 1. The molecule has 2 aromatic heterocycles. The Hall–Kier alpha value is -2.69. The molecule has 0 amide bonds. The summed E-state index contributed by atoms with van der Waals surface area (Å²) in [5.74, 6) is -0.673. The fraction of sp³-hybridized carbons (Fsp3) is 0.125. The molecule has 0 N–H and O–H groups in total. The van der Waals surface area contributed by atoms with E-state index >= 15 is 0 Å². The molecule has 2 heterocycles. The highest BCUT2D eigenvalue weighted by atomic mass is 19.1. The quantitative estimate of drug-likeness (QED) is 0.695. The smallest absolute Gasteiger partial charge is 0.355 e. The third-order valence-electron chi connectivity index (χ3n) is 3.24. The molecular weight excluding hydrogens is 271 g/mol. The lowest BCUT2D eigenvalue weighted by atomic mass is 10.1. The lowest BCUT2D eigenvalue weighted by Gasteiger charge is -2.01. The number of ether oxygens (including phenoxy) is 1. The van der Waals surface area contributed by atoms with Gasteiger partial charge in [0.2, 0.25) is 0 Å². The van der Waals surface area contributed by atoms with Crippen LogP contribution in [0.1, 0.15) is 21.7 Å². The molecule has 0 radical (unpaired) electrons. The molecule has 5 heteroatoms. The van der Waals surface area contributed by atoms with Crippen molar-refractivity contribution in [3.8, 4) is 0 Å². The van der Waals surface area contributed by atoms with Crippen molar-refractivity contribution < 1.29 is 13.9 Å². The number of hydrogen-bond donors (Lipinski definition) is 0. The lowest BCUT2D eigenvalue weighted by Crippen LogP contribution is -2.06. The molecular formula is C16H13FN2O2. The van der Waals surface area contributed by atoms with Gasteiger partial charge in [0.05, 0.1) is 12.8 Å². The van der Waals surface area contributed by atoms with Crippen LogP contribution in [0.3, 0.4) is 0 Å². The van der Waals surface area contributed by atoms with E-state index in [0.717, 1.165) is 11.3 Å². The Morgan fingerprint density at radius 2 is 2.00 bits per heavy atom. The molecule has 1 aromatic carbocycles. The number of carbonyl (C=O) groups excluding carboxylic acids is 1. The van der Waals surface area contributed by atoms with E-state index < -0.39 is 5.97 Å². The summed E-state index contributed by atoms with van der Waals surface area (Å²) in [7, 11) is 1.34. The zero-order valence-electron chi connectivity index (χ0n) is 11.4. The molecule has 0 aliphatic heterocycles. The van der Waals surface area contributed by atoms with E-state index in [2.05, 4.69) is 4.98 Å². The van der Waals surface area contributed by atoms with Gasteiger partial charge in [-0.25, -0.2) is 14.2 Å². The molecule has 0 fully saturated rings. The zero-order chi connectivity index (χ0) is 14.8. The van der Waals surface area contributed by atoms with Crippen LogP contribution in [0.25, 0.3) is 5.65 Å². The van der Waals surface area contributed by atoms with Crippen molar-refractivity contribution in [1.29, 1.82) is 0 Å². The molecule has 0 saturated carbocycles. The van der Waals surface area contributed by atoms with Gasteiger partial charge in [-0.2, -0.15) is 0 Å². The topological polar surface area (TPSA) is 43.6 Å². The first-order valence-electron chi connectivity index (χ1n) is 6.47. The number of benzene rings is 1. The van der Waals surface area contributed by atoms with Crippen molar-refractivity contribution in [2.45, 2.75) is 6.42 Å². The van der Waals surface area contributed by atoms with E-state index in [-0.39, 0.29) is 5.82 Å². The number of hydrogen-bond acceptors (Lipinski definition) is 3. The highest BCUT2D eigenvalue weighted by Crippen LogP contribution is 2.14. The molecule has 0 aliphatic rings. The van der Waals surface area contributed by atoms with Crippen LogP contribution in [0.5, 0.6) is 0 Å². The summed E-state index contributed by atoms with van der Waals surface area (Å²) in [5.41, 5.74) is 2.86. The van der Waals surface area contributed by atoms with Gasteiger partial charge in [0.25, 0.3) is 0 Å². The summed E-state index contributed by atoms with van der Waals surface area (Å²) in [6, 6.07) is 11.6. The van der Waals surface area contributed by atoms with Crippen LogP contribution in [0, 0.1) is 5.82 Å².